The minimum atomic E-state index is -0.758. The van der Waals surface area contributed by atoms with Crippen LogP contribution in [0, 0.1) is 32.1 Å². The lowest BCUT2D eigenvalue weighted by molar-refractivity contribution is -0.394. The van der Waals surface area contributed by atoms with Crippen molar-refractivity contribution in [2.24, 2.45) is 11.8 Å². The number of carbonyl (C=O) groups is 1. The van der Waals surface area contributed by atoms with Crippen LogP contribution in [-0.4, -0.2) is 21.8 Å². The Morgan fingerprint density at radius 1 is 0.955 bits per heavy atom. The lowest BCUT2D eigenvalue weighted by Gasteiger charge is -2.26. The van der Waals surface area contributed by atoms with E-state index in [1.54, 1.807) is 0 Å². The average molecular weight is 309 g/mol. The molecule has 0 radical (unpaired) electrons. The molecule has 1 aromatic rings. The largest absolute Gasteiger partial charge is 0.349 e. The molecule has 0 aliphatic heterocycles. The van der Waals surface area contributed by atoms with E-state index in [0.717, 1.165) is 18.2 Å². The van der Waals surface area contributed by atoms with Crippen molar-refractivity contribution in [2.75, 3.05) is 0 Å². The third kappa shape index (κ3) is 4.24. The molecular formula is C14H19N3O5. The van der Waals surface area contributed by atoms with E-state index in [1.807, 2.05) is 27.7 Å². The van der Waals surface area contributed by atoms with Crippen LogP contribution in [0.25, 0.3) is 0 Å². The first-order valence-corrected chi connectivity index (χ1v) is 6.88. The fourth-order valence-corrected chi connectivity index (χ4v) is 2.27. The number of hydrogen-bond acceptors (Lipinski definition) is 5. The molecule has 0 atom stereocenters. The van der Waals surface area contributed by atoms with Crippen LogP contribution in [0.2, 0.25) is 0 Å². The summed E-state index contributed by atoms with van der Waals surface area (Å²) in [7, 11) is 0. The maximum absolute atomic E-state index is 12.3. The molecule has 1 aromatic carbocycles. The number of nitrogens with one attached hydrogen (secondary N) is 1. The minimum absolute atomic E-state index is 0.0906. The molecule has 0 aliphatic rings. The highest BCUT2D eigenvalue weighted by atomic mass is 16.6. The Morgan fingerprint density at radius 2 is 1.36 bits per heavy atom. The van der Waals surface area contributed by atoms with Crippen molar-refractivity contribution in [3.05, 3.63) is 44.0 Å². The Kier molecular flexibility index (Phi) is 5.56. The monoisotopic (exact) mass is 309 g/mol. The lowest BCUT2D eigenvalue weighted by atomic mass is 9.93. The number of nitrogens with zero attached hydrogens (tertiary/aromatic N) is 2. The second-order valence-corrected chi connectivity index (χ2v) is 5.74. The van der Waals surface area contributed by atoms with Gasteiger partial charge in [-0.05, 0) is 11.8 Å². The van der Waals surface area contributed by atoms with Crippen LogP contribution >= 0.6 is 0 Å². The molecule has 8 nitrogen and oxygen atoms in total. The van der Waals surface area contributed by atoms with Crippen molar-refractivity contribution < 1.29 is 14.6 Å². The highest BCUT2D eigenvalue weighted by molar-refractivity contribution is 5.95. The number of benzene rings is 1. The molecule has 0 bridgehead atoms. The van der Waals surface area contributed by atoms with Crippen LogP contribution in [0.1, 0.15) is 38.1 Å². The lowest BCUT2D eigenvalue weighted by Crippen LogP contribution is -2.42. The maximum atomic E-state index is 12.3. The second-order valence-electron chi connectivity index (χ2n) is 5.74. The summed E-state index contributed by atoms with van der Waals surface area (Å²) in [6.07, 6.45) is 0. The molecule has 22 heavy (non-hydrogen) atoms. The molecule has 0 aliphatic carbocycles. The second kappa shape index (κ2) is 6.97. The third-order valence-electron chi connectivity index (χ3n) is 3.32. The zero-order valence-corrected chi connectivity index (χ0v) is 12.9. The van der Waals surface area contributed by atoms with Crippen molar-refractivity contribution in [1.29, 1.82) is 0 Å². The van der Waals surface area contributed by atoms with Gasteiger partial charge in [0.2, 0.25) is 0 Å². The molecule has 0 heterocycles. The van der Waals surface area contributed by atoms with Gasteiger partial charge in [0.25, 0.3) is 17.3 Å². The quantitative estimate of drug-likeness (QED) is 0.640. The van der Waals surface area contributed by atoms with Crippen molar-refractivity contribution in [2.45, 2.75) is 33.7 Å². The summed E-state index contributed by atoms with van der Waals surface area (Å²) in [4.78, 5) is 32.4. The van der Waals surface area contributed by atoms with Crippen LogP contribution in [0.3, 0.4) is 0 Å². The fraction of sp³-hybridized carbons (Fsp3) is 0.500. The summed E-state index contributed by atoms with van der Waals surface area (Å²) in [5.41, 5.74) is -1.05. The van der Waals surface area contributed by atoms with E-state index < -0.39 is 27.1 Å². The summed E-state index contributed by atoms with van der Waals surface area (Å²) in [6.45, 7) is 7.78. The summed E-state index contributed by atoms with van der Waals surface area (Å²) in [5, 5.41) is 24.5. The molecular weight excluding hydrogens is 290 g/mol. The van der Waals surface area contributed by atoms with Crippen LogP contribution in [-0.2, 0) is 0 Å². The molecule has 0 saturated heterocycles. The summed E-state index contributed by atoms with van der Waals surface area (Å²) in [6, 6.07) is 2.78. The van der Waals surface area contributed by atoms with Crippen molar-refractivity contribution >= 4 is 17.3 Å². The average Bonchev–Trinajstić information content (AvgIpc) is 2.42. The Balaban J connectivity index is 3.16. The number of nitro benzene ring substituents is 2. The highest BCUT2D eigenvalue weighted by Gasteiger charge is 2.24. The van der Waals surface area contributed by atoms with E-state index in [9.17, 15) is 25.0 Å². The standard InChI is InChI=1S/C14H19N3O5/c1-8(2)13(9(3)4)15-14(18)10-5-11(16(19)20)7-12(6-10)17(21)22/h5-9,13H,1-4H3,(H,15,18). The number of nitro groups is 2. The predicted octanol–water partition coefficient (Wildman–Crippen LogP) is 2.91. The van der Waals surface area contributed by atoms with Gasteiger partial charge in [-0.2, -0.15) is 0 Å². The van der Waals surface area contributed by atoms with Gasteiger partial charge in [-0.25, -0.2) is 0 Å². The van der Waals surface area contributed by atoms with E-state index in [4.69, 9.17) is 0 Å². The van der Waals surface area contributed by atoms with Crippen LogP contribution < -0.4 is 5.32 Å². The van der Waals surface area contributed by atoms with Gasteiger partial charge in [-0.15, -0.1) is 0 Å². The van der Waals surface area contributed by atoms with Gasteiger partial charge in [0.1, 0.15) is 0 Å². The van der Waals surface area contributed by atoms with Crippen LogP contribution in [0.5, 0.6) is 0 Å². The SMILES string of the molecule is CC(C)C(NC(=O)c1cc([N+](=O)[O-])cc([N+](=O)[O-])c1)C(C)C. The van der Waals surface area contributed by atoms with Gasteiger partial charge in [0.05, 0.1) is 21.5 Å². The first-order valence-electron chi connectivity index (χ1n) is 6.88. The number of non-ortho nitro benzene ring substituents is 2. The number of rotatable bonds is 6. The highest BCUT2D eigenvalue weighted by Crippen LogP contribution is 2.23. The number of amides is 1. The van der Waals surface area contributed by atoms with Gasteiger partial charge in [0.15, 0.2) is 0 Å². The molecule has 8 heteroatoms. The Bertz CT molecular complexity index is 558. The molecule has 0 aromatic heterocycles. The Labute approximate surface area is 127 Å². The zero-order chi connectivity index (χ0) is 17.0. The molecule has 120 valence electrons. The first kappa shape index (κ1) is 17.5. The topological polar surface area (TPSA) is 115 Å². The smallest absolute Gasteiger partial charge is 0.277 e. The maximum Gasteiger partial charge on any atom is 0.277 e. The number of carbonyl (C=O) groups excluding carboxylic acids is 1. The molecule has 0 fully saturated rings. The van der Waals surface area contributed by atoms with E-state index in [0.29, 0.717) is 0 Å². The predicted molar refractivity (Wildman–Crippen MR) is 80.7 cm³/mol. The fourth-order valence-electron chi connectivity index (χ4n) is 2.27. The summed E-state index contributed by atoms with van der Waals surface area (Å²) >= 11 is 0. The Hall–Kier alpha value is -2.51. The molecule has 1 rings (SSSR count). The van der Waals surface area contributed by atoms with E-state index in [-0.39, 0.29) is 23.4 Å². The Morgan fingerprint density at radius 3 is 1.68 bits per heavy atom. The molecule has 0 unspecified atom stereocenters. The molecule has 1 N–H and O–H groups in total. The zero-order valence-electron chi connectivity index (χ0n) is 12.9. The van der Waals surface area contributed by atoms with Crippen molar-refractivity contribution in [1.82, 2.24) is 5.32 Å². The normalized spacial score (nSPS) is 11.0. The summed E-state index contributed by atoms with van der Waals surface area (Å²) < 4.78 is 0. The van der Waals surface area contributed by atoms with E-state index in [1.165, 1.54) is 0 Å². The molecule has 1 amide bonds. The molecule has 0 spiro atoms. The van der Waals surface area contributed by atoms with Gasteiger partial charge < -0.3 is 5.32 Å². The van der Waals surface area contributed by atoms with E-state index >= 15 is 0 Å². The van der Waals surface area contributed by atoms with E-state index in [2.05, 4.69) is 5.32 Å². The molecule has 0 saturated carbocycles. The van der Waals surface area contributed by atoms with Gasteiger partial charge in [-0.3, -0.25) is 25.0 Å². The minimum Gasteiger partial charge on any atom is -0.349 e. The summed E-state index contributed by atoms with van der Waals surface area (Å²) in [5.74, 6) is -0.227. The number of hydrogen-bond donors (Lipinski definition) is 1. The van der Waals surface area contributed by atoms with Crippen molar-refractivity contribution in [3.63, 3.8) is 0 Å². The van der Waals surface area contributed by atoms with Gasteiger partial charge in [0, 0.05) is 18.2 Å². The third-order valence-corrected chi connectivity index (χ3v) is 3.32. The van der Waals surface area contributed by atoms with Crippen LogP contribution in [0.15, 0.2) is 18.2 Å². The van der Waals surface area contributed by atoms with Gasteiger partial charge in [-0.1, -0.05) is 27.7 Å². The first-order chi connectivity index (χ1) is 10.1. The van der Waals surface area contributed by atoms with Gasteiger partial charge >= 0.3 is 0 Å². The van der Waals surface area contributed by atoms with Crippen molar-refractivity contribution in [3.8, 4) is 0 Å². The van der Waals surface area contributed by atoms with Crippen LogP contribution in [0.4, 0.5) is 11.4 Å².